The van der Waals surface area contributed by atoms with Gasteiger partial charge in [0.25, 0.3) is 5.91 Å². The fraction of sp³-hybridized carbons (Fsp3) is 0.182. The van der Waals surface area contributed by atoms with Gasteiger partial charge in [0.05, 0.1) is 19.4 Å². The van der Waals surface area contributed by atoms with Crippen LogP contribution >= 0.6 is 12.2 Å². The Labute approximate surface area is 175 Å². The van der Waals surface area contributed by atoms with Crippen molar-refractivity contribution in [3.63, 3.8) is 0 Å². The van der Waals surface area contributed by atoms with Gasteiger partial charge in [0.2, 0.25) is 0 Å². The van der Waals surface area contributed by atoms with Crippen LogP contribution < -0.4 is 24.4 Å². The predicted molar refractivity (Wildman–Crippen MR) is 116 cm³/mol. The first-order chi connectivity index (χ1) is 14.1. The Hall–Kier alpha value is -3.50. The highest BCUT2D eigenvalue weighted by Crippen LogP contribution is 2.30. The highest BCUT2D eigenvalue weighted by Gasteiger charge is 2.32. The van der Waals surface area contributed by atoms with Crippen molar-refractivity contribution in [3.8, 4) is 29.6 Å². The summed E-state index contributed by atoms with van der Waals surface area (Å²) in [6.07, 6.45) is 6.93. The van der Waals surface area contributed by atoms with E-state index in [4.69, 9.17) is 32.9 Å². The lowest BCUT2D eigenvalue weighted by Crippen LogP contribution is -2.30. The van der Waals surface area contributed by atoms with Crippen LogP contribution in [0, 0.1) is 12.3 Å². The van der Waals surface area contributed by atoms with Crippen LogP contribution in [0.1, 0.15) is 12.5 Å². The molecule has 0 bridgehead atoms. The van der Waals surface area contributed by atoms with Gasteiger partial charge in [-0.1, -0.05) is 12.0 Å². The van der Waals surface area contributed by atoms with Crippen LogP contribution in [0.3, 0.4) is 0 Å². The van der Waals surface area contributed by atoms with Crippen LogP contribution in [0.4, 0.5) is 5.69 Å². The summed E-state index contributed by atoms with van der Waals surface area (Å²) in [5, 5.41) is 3.28. The molecule has 0 spiro atoms. The predicted octanol–water partition coefficient (Wildman–Crippen LogP) is 3.37. The topological polar surface area (TPSA) is 60.0 Å². The van der Waals surface area contributed by atoms with Gasteiger partial charge in [0, 0.05) is 0 Å². The zero-order valence-corrected chi connectivity index (χ0v) is 16.9. The molecule has 6 nitrogen and oxygen atoms in total. The van der Waals surface area contributed by atoms with Crippen molar-refractivity contribution in [1.82, 2.24) is 5.32 Å². The van der Waals surface area contributed by atoms with Gasteiger partial charge in [-0.25, -0.2) is 0 Å². The zero-order valence-electron chi connectivity index (χ0n) is 16.1. The maximum atomic E-state index is 12.9. The molecular weight excluding hydrogens is 388 g/mol. The van der Waals surface area contributed by atoms with Crippen LogP contribution in [-0.4, -0.2) is 31.3 Å². The number of thiocarbonyl (C=S) groups is 1. The first kappa shape index (κ1) is 20.2. The second kappa shape index (κ2) is 9.13. The number of anilines is 1. The third kappa shape index (κ3) is 4.50. The molecule has 0 saturated carbocycles. The number of carbonyl (C=O) groups is 1. The molecule has 0 aromatic heterocycles. The quantitative estimate of drug-likeness (QED) is 0.431. The molecule has 148 valence electrons. The van der Waals surface area contributed by atoms with Crippen molar-refractivity contribution in [2.24, 2.45) is 0 Å². The minimum Gasteiger partial charge on any atom is -0.494 e. The summed E-state index contributed by atoms with van der Waals surface area (Å²) in [5.74, 6) is 3.95. The molecule has 3 rings (SSSR count). The van der Waals surface area contributed by atoms with E-state index >= 15 is 0 Å². The number of ether oxygens (including phenoxy) is 3. The van der Waals surface area contributed by atoms with E-state index in [-0.39, 0.29) is 12.5 Å². The summed E-state index contributed by atoms with van der Waals surface area (Å²) in [6, 6.07) is 12.5. The standard InChI is InChI=1S/C22H20N2O4S/c1-4-12-28-19-11-6-15(14-20(19)26-3)13-18-21(25)24(22(29)23-18)16-7-9-17(10-8-16)27-5-2/h1,6-11,13-14H,5,12H2,2-3H3,(H,23,29)/b18-13-. The number of hydrogen-bond donors (Lipinski definition) is 1. The van der Waals surface area contributed by atoms with E-state index in [9.17, 15) is 4.79 Å². The van der Waals surface area contributed by atoms with E-state index in [1.165, 1.54) is 12.0 Å². The summed E-state index contributed by atoms with van der Waals surface area (Å²) < 4.78 is 16.2. The lowest BCUT2D eigenvalue weighted by Gasteiger charge is -2.14. The SMILES string of the molecule is C#CCOc1ccc(/C=C2\NC(=S)N(c3ccc(OCC)cc3)C2=O)cc1OC. The summed E-state index contributed by atoms with van der Waals surface area (Å²) in [4.78, 5) is 14.3. The molecule has 1 heterocycles. The van der Waals surface area contributed by atoms with Crippen LogP contribution in [0.15, 0.2) is 48.2 Å². The number of nitrogens with one attached hydrogen (secondary N) is 1. The Morgan fingerprint density at radius 3 is 2.59 bits per heavy atom. The molecule has 7 heteroatoms. The highest BCUT2D eigenvalue weighted by molar-refractivity contribution is 7.80. The van der Waals surface area contributed by atoms with Gasteiger partial charge >= 0.3 is 0 Å². The van der Waals surface area contributed by atoms with Crippen molar-refractivity contribution >= 4 is 35.0 Å². The summed E-state index contributed by atoms with van der Waals surface area (Å²) in [6.45, 7) is 2.63. The number of amides is 1. The number of carbonyl (C=O) groups excluding carboxylic acids is 1. The zero-order chi connectivity index (χ0) is 20.8. The molecule has 2 aromatic rings. The number of nitrogens with zero attached hydrogens (tertiary/aromatic N) is 1. The average molecular weight is 408 g/mol. The minimum absolute atomic E-state index is 0.141. The number of terminal acetylenes is 1. The van der Waals surface area contributed by atoms with Crippen molar-refractivity contribution in [3.05, 3.63) is 53.7 Å². The average Bonchev–Trinajstić information content (AvgIpc) is 3.00. The normalized spacial score (nSPS) is 14.5. The van der Waals surface area contributed by atoms with Gasteiger partial charge in [0.1, 0.15) is 18.1 Å². The number of hydrogen-bond acceptors (Lipinski definition) is 5. The van der Waals surface area contributed by atoms with E-state index in [1.807, 2.05) is 6.92 Å². The van der Waals surface area contributed by atoms with Crippen molar-refractivity contribution in [2.75, 3.05) is 25.2 Å². The molecule has 29 heavy (non-hydrogen) atoms. The maximum Gasteiger partial charge on any atom is 0.281 e. The fourth-order valence-corrected chi connectivity index (χ4v) is 3.11. The first-order valence-electron chi connectivity index (χ1n) is 8.91. The summed E-state index contributed by atoms with van der Waals surface area (Å²) >= 11 is 5.35. The molecule has 1 aliphatic rings. The second-order valence-corrected chi connectivity index (χ2v) is 6.35. The second-order valence-electron chi connectivity index (χ2n) is 5.96. The molecule has 0 radical (unpaired) electrons. The summed E-state index contributed by atoms with van der Waals surface area (Å²) in [5.41, 5.74) is 1.78. The largest absolute Gasteiger partial charge is 0.494 e. The van der Waals surface area contributed by atoms with Gasteiger partial charge in [-0.05, 0) is 67.2 Å². The number of benzene rings is 2. The highest BCUT2D eigenvalue weighted by atomic mass is 32.1. The van der Waals surface area contributed by atoms with Crippen molar-refractivity contribution < 1.29 is 19.0 Å². The molecule has 1 aliphatic heterocycles. The molecule has 0 unspecified atom stereocenters. The lowest BCUT2D eigenvalue weighted by atomic mass is 10.1. The lowest BCUT2D eigenvalue weighted by molar-refractivity contribution is -0.113. The molecule has 1 amide bonds. The summed E-state index contributed by atoms with van der Waals surface area (Å²) in [7, 11) is 1.54. The van der Waals surface area contributed by atoms with Gasteiger partial charge < -0.3 is 19.5 Å². The van der Waals surface area contributed by atoms with E-state index in [1.54, 1.807) is 48.5 Å². The van der Waals surface area contributed by atoms with E-state index < -0.39 is 0 Å². The monoisotopic (exact) mass is 408 g/mol. The van der Waals surface area contributed by atoms with Crippen LogP contribution in [0.5, 0.6) is 17.2 Å². The van der Waals surface area contributed by atoms with Crippen LogP contribution in [0.2, 0.25) is 0 Å². The maximum absolute atomic E-state index is 12.9. The van der Waals surface area contributed by atoms with Gasteiger partial charge in [-0.3, -0.25) is 9.69 Å². The Bertz CT molecular complexity index is 993. The molecular formula is C22H20N2O4S. The van der Waals surface area contributed by atoms with Crippen molar-refractivity contribution in [1.29, 1.82) is 0 Å². The molecule has 2 aromatic carbocycles. The Morgan fingerprint density at radius 2 is 1.93 bits per heavy atom. The Morgan fingerprint density at radius 1 is 1.17 bits per heavy atom. The molecule has 1 saturated heterocycles. The third-order valence-electron chi connectivity index (χ3n) is 4.09. The minimum atomic E-state index is -0.245. The van der Waals surface area contributed by atoms with E-state index in [2.05, 4.69) is 11.2 Å². The van der Waals surface area contributed by atoms with Gasteiger partial charge in [-0.2, -0.15) is 0 Å². The van der Waals surface area contributed by atoms with Crippen LogP contribution in [0.25, 0.3) is 6.08 Å². The number of rotatable bonds is 7. The van der Waals surface area contributed by atoms with Crippen LogP contribution in [-0.2, 0) is 4.79 Å². The number of methoxy groups -OCH3 is 1. The molecule has 0 aliphatic carbocycles. The van der Waals surface area contributed by atoms with E-state index in [0.29, 0.717) is 34.6 Å². The van der Waals surface area contributed by atoms with E-state index in [0.717, 1.165) is 11.3 Å². The van der Waals surface area contributed by atoms with Gasteiger partial charge in [0.15, 0.2) is 16.6 Å². The third-order valence-corrected chi connectivity index (χ3v) is 4.38. The van der Waals surface area contributed by atoms with Gasteiger partial charge in [-0.15, -0.1) is 6.42 Å². The Balaban J connectivity index is 1.83. The Kier molecular flexibility index (Phi) is 6.37. The fourth-order valence-electron chi connectivity index (χ4n) is 2.81. The molecule has 0 atom stereocenters. The smallest absolute Gasteiger partial charge is 0.281 e. The van der Waals surface area contributed by atoms with Crippen molar-refractivity contribution in [2.45, 2.75) is 6.92 Å². The first-order valence-corrected chi connectivity index (χ1v) is 9.32. The molecule has 1 N–H and O–H groups in total. The molecule has 1 fully saturated rings.